The molecule has 5 heteroatoms. The van der Waals surface area contributed by atoms with Gasteiger partial charge in [0.15, 0.2) is 0 Å². The van der Waals surface area contributed by atoms with E-state index in [1.54, 1.807) is 12.1 Å². The van der Waals surface area contributed by atoms with Crippen molar-refractivity contribution >= 4 is 0 Å². The summed E-state index contributed by atoms with van der Waals surface area (Å²) in [6.45, 7) is 5.61. The molecule has 1 atom stereocenters. The zero-order valence-corrected chi connectivity index (χ0v) is 12.2. The number of likely N-dealkylation sites (tertiary alicyclic amines) is 1. The Bertz CT molecular complexity index is 581. The molecular formula is C16H20FN3O. The Balaban J connectivity index is 1.44. The van der Waals surface area contributed by atoms with Gasteiger partial charge in [-0.1, -0.05) is 0 Å². The molecule has 1 fully saturated rings. The van der Waals surface area contributed by atoms with E-state index >= 15 is 0 Å². The Hall–Kier alpha value is -1.88. The van der Waals surface area contributed by atoms with Crippen LogP contribution < -0.4 is 4.74 Å². The molecule has 21 heavy (non-hydrogen) atoms. The van der Waals surface area contributed by atoms with Crippen LogP contribution in [0, 0.1) is 12.7 Å². The summed E-state index contributed by atoms with van der Waals surface area (Å²) in [6.07, 6.45) is 3.01. The van der Waals surface area contributed by atoms with Crippen molar-refractivity contribution in [3.8, 4) is 5.75 Å². The molecule has 2 aromatic rings. The molecule has 1 aliphatic heterocycles. The standard InChI is InChI=1S/C16H20FN3O/c1-12-10-18-16(19-12)13-6-7-20(11-13)8-9-21-15-4-2-14(17)3-5-15/h2-5,10,13H,6-9,11H2,1H3,(H,18,19). The number of nitrogens with zero attached hydrogens (tertiary/aromatic N) is 2. The monoisotopic (exact) mass is 289 g/mol. The van der Waals surface area contributed by atoms with Gasteiger partial charge in [0, 0.05) is 30.9 Å². The number of nitrogens with one attached hydrogen (secondary N) is 1. The van der Waals surface area contributed by atoms with Crippen LogP contribution in [0.15, 0.2) is 30.5 Å². The first-order valence-corrected chi connectivity index (χ1v) is 7.33. The van der Waals surface area contributed by atoms with Gasteiger partial charge in [0.25, 0.3) is 0 Å². The zero-order valence-electron chi connectivity index (χ0n) is 12.2. The molecular weight excluding hydrogens is 269 g/mol. The van der Waals surface area contributed by atoms with E-state index in [-0.39, 0.29) is 5.82 Å². The molecule has 0 bridgehead atoms. The molecule has 2 heterocycles. The molecule has 1 saturated heterocycles. The largest absolute Gasteiger partial charge is 0.492 e. The highest BCUT2D eigenvalue weighted by atomic mass is 19.1. The second-order valence-corrected chi connectivity index (χ2v) is 5.54. The van der Waals surface area contributed by atoms with Crippen LogP contribution in [-0.4, -0.2) is 41.1 Å². The first-order chi connectivity index (χ1) is 10.2. The lowest BCUT2D eigenvalue weighted by atomic mass is 10.1. The van der Waals surface area contributed by atoms with Gasteiger partial charge in [-0.3, -0.25) is 4.90 Å². The number of H-pyrrole nitrogens is 1. The van der Waals surface area contributed by atoms with E-state index in [1.807, 2.05) is 13.1 Å². The Morgan fingerprint density at radius 3 is 2.90 bits per heavy atom. The maximum Gasteiger partial charge on any atom is 0.123 e. The van der Waals surface area contributed by atoms with Gasteiger partial charge in [-0.15, -0.1) is 0 Å². The van der Waals surface area contributed by atoms with E-state index in [1.165, 1.54) is 12.1 Å². The van der Waals surface area contributed by atoms with E-state index in [0.29, 0.717) is 18.3 Å². The van der Waals surface area contributed by atoms with Gasteiger partial charge in [0.1, 0.15) is 24.0 Å². The Labute approximate surface area is 124 Å². The SMILES string of the molecule is Cc1cnc(C2CCN(CCOc3ccc(F)cc3)C2)[nH]1. The fraction of sp³-hybridized carbons (Fsp3) is 0.438. The third-order valence-corrected chi connectivity index (χ3v) is 3.87. The number of halogens is 1. The summed E-state index contributed by atoms with van der Waals surface area (Å²) in [5.41, 5.74) is 1.11. The maximum atomic E-state index is 12.8. The third-order valence-electron chi connectivity index (χ3n) is 3.87. The molecule has 1 unspecified atom stereocenters. The minimum absolute atomic E-state index is 0.238. The summed E-state index contributed by atoms with van der Waals surface area (Å²) >= 11 is 0. The van der Waals surface area contributed by atoms with Crippen LogP contribution >= 0.6 is 0 Å². The van der Waals surface area contributed by atoms with E-state index < -0.39 is 0 Å². The molecule has 0 radical (unpaired) electrons. The van der Waals surface area contributed by atoms with E-state index in [9.17, 15) is 4.39 Å². The van der Waals surface area contributed by atoms with Crippen molar-refractivity contribution in [3.63, 3.8) is 0 Å². The minimum atomic E-state index is -0.238. The Morgan fingerprint density at radius 1 is 1.38 bits per heavy atom. The Kier molecular flexibility index (Phi) is 4.20. The highest BCUT2D eigenvalue weighted by Crippen LogP contribution is 2.24. The molecule has 4 nitrogen and oxygen atoms in total. The van der Waals surface area contributed by atoms with Crippen molar-refractivity contribution in [3.05, 3.63) is 47.8 Å². The van der Waals surface area contributed by atoms with Crippen LogP contribution in [0.1, 0.15) is 23.9 Å². The lowest BCUT2D eigenvalue weighted by molar-refractivity contribution is 0.235. The number of aromatic amines is 1. The first-order valence-electron chi connectivity index (χ1n) is 7.33. The van der Waals surface area contributed by atoms with Crippen molar-refractivity contribution in [1.82, 2.24) is 14.9 Å². The topological polar surface area (TPSA) is 41.2 Å². The lowest BCUT2D eigenvalue weighted by Crippen LogP contribution is -2.26. The number of benzene rings is 1. The molecule has 0 saturated carbocycles. The number of aryl methyl sites for hydroxylation is 1. The average Bonchev–Trinajstić information content (AvgIpc) is 3.10. The lowest BCUT2D eigenvalue weighted by Gasteiger charge is -2.16. The summed E-state index contributed by atoms with van der Waals surface area (Å²) < 4.78 is 18.4. The molecule has 112 valence electrons. The summed E-state index contributed by atoms with van der Waals surface area (Å²) in [4.78, 5) is 10.1. The smallest absolute Gasteiger partial charge is 0.123 e. The van der Waals surface area contributed by atoms with Gasteiger partial charge in [-0.2, -0.15) is 0 Å². The average molecular weight is 289 g/mol. The number of rotatable bonds is 5. The molecule has 0 spiro atoms. The van der Waals surface area contributed by atoms with Crippen molar-refractivity contribution < 1.29 is 9.13 Å². The zero-order chi connectivity index (χ0) is 14.7. The van der Waals surface area contributed by atoms with Gasteiger partial charge in [-0.05, 0) is 44.2 Å². The van der Waals surface area contributed by atoms with Crippen molar-refractivity contribution in [2.75, 3.05) is 26.2 Å². The van der Waals surface area contributed by atoms with Gasteiger partial charge in [-0.25, -0.2) is 9.37 Å². The second-order valence-electron chi connectivity index (χ2n) is 5.54. The Morgan fingerprint density at radius 2 is 2.19 bits per heavy atom. The number of hydrogen-bond acceptors (Lipinski definition) is 3. The summed E-state index contributed by atoms with van der Waals surface area (Å²) in [5.74, 6) is 2.06. The fourth-order valence-corrected chi connectivity index (χ4v) is 2.72. The normalized spacial score (nSPS) is 19.0. The minimum Gasteiger partial charge on any atom is -0.492 e. The molecule has 3 rings (SSSR count). The van der Waals surface area contributed by atoms with Crippen LogP contribution in [0.5, 0.6) is 5.75 Å². The van der Waals surface area contributed by atoms with E-state index in [2.05, 4.69) is 14.9 Å². The van der Waals surface area contributed by atoms with E-state index in [4.69, 9.17) is 4.74 Å². The first kappa shape index (κ1) is 14.1. The van der Waals surface area contributed by atoms with Crippen LogP contribution in [0.3, 0.4) is 0 Å². The summed E-state index contributed by atoms with van der Waals surface area (Å²) in [5, 5.41) is 0. The quantitative estimate of drug-likeness (QED) is 0.920. The van der Waals surface area contributed by atoms with E-state index in [0.717, 1.165) is 37.6 Å². The third kappa shape index (κ3) is 3.61. The predicted octanol–water partition coefficient (Wildman–Crippen LogP) is 2.73. The van der Waals surface area contributed by atoms with Crippen LogP contribution in [0.2, 0.25) is 0 Å². The fourth-order valence-electron chi connectivity index (χ4n) is 2.72. The van der Waals surface area contributed by atoms with Crippen molar-refractivity contribution in [2.24, 2.45) is 0 Å². The maximum absolute atomic E-state index is 12.8. The van der Waals surface area contributed by atoms with Crippen LogP contribution in [-0.2, 0) is 0 Å². The number of aromatic nitrogens is 2. The number of hydrogen-bond donors (Lipinski definition) is 1. The molecule has 1 aromatic carbocycles. The van der Waals surface area contributed by atoms with Crippen molar-refractivity contribution in [2.45, 2.75) is 19.3 Å². The number of ether oxygens (including phenoxy) is 1. The van der Waals surface area contributed by atoms with Gasteiger partial charge in [0.05, 0.1) is 0 Å². The van der Waals surface area contributed by atoms with Gasteiger partial charge in [0.2, 0.25) is 0 Å². The summed E-state index contributed by atoms with van der Waals surface area (Å²) in [7, 11) is 0. The van der Waals surface area contributed by atoms with Gasteiger partial charge >= 0.3 is 0 Å². The number of imidazole rings is 1. The molecule has 1 N–H and O–H groups in total. The molecule has 0 amide bonds. The van der Waals surface area contributed by atoms with Crippen LogP contribution in [0.4, 0.5) is 4.39 Å². The van der Waals surface area contributed by atoms with Gasteiger partial charge < -0.3 is 9.72 Å². The van der Waals surface area contributed by atoms with Crippen molar-refractivity contribution in [1.29, 1.82) is 0 Å². The van der Waals surface area contributed by atoms with Crippen LogP contribution in [0.25, 0.3) is 0 Å². The molecule has 1 aliphatic rings. The molecule has 0 aliphatic carbocycles. The summed E-state index contributed by atoms with van der Waals surface area (Å²) in [6, 6.07) is 6.16. The predicted molar refractivity (Wildman–Crippen MR) is 79.0 cm³/mol. The second kappa shape index (κ2) is 6.26. The highest BCUT2D eigenvalue weighted by Gasteiger charge is 2.25. The highest BCUT2D eigenvalue weighted by molar-refractivity contribution is 5.22. The molecule has 1 aromatic heterocycles.